The van der Waals surface area contributed by atoms with E-state index in [4.69, 9.17) is 4.98 Å². The van der Waals surface area contributed by atoms with Crippen molar-refractivity contribution in [3.05, 3.63) is 115 Å². The van der Waals surface area contributed by atoms with Crippen LogP contribution in [0.1, 0.15) is 0 Å². The summed E-state index contributed by atoms with van der Waals surface area (Å²) in [7, 11) is 0. The summed E-state index contributed by atoms with van der Waals surface area (Å²) in [5, 5.41) is 8.86. The van der Waals surface area contributed by atoms with Crippen LogP contribution in [-0.2, 0) is 0 Å². The molecule has 0 spiro atoms. The number of benzene rings is 5. The van der Waals surface area contributed by atoms with E-state index in [0.29, 0.717) is 0 Å². The number of rotatable bonds is 2. The Hall–Kier alpha value is -4.05. The zero-order valence-electron chi connectivity index (χ0n) is 19.2. The molecular weight excluding hydrogens is 475 g/mol. The first-order chi connectivity index (χ1) is 17.8. The molecule has 8 aromatic rings. The summed E-state index contributed by atoms with van der Waals surface area (Å²) in [6.07, 6.45) is 2.10. The highest BCUT2D eigenvalue weighted by molar-refractivity contribution is 7.23. The van der Waals surface area contributed by atoms with Crippen LogP contribution in [-0.4, -0.2) is 4.98 Å². The van der Waals surface area contributed by atoms with Crippen LogP contribution in [0.5, 0.6) is 0 Å². The third-order valence-electron chi connectivity index (χ3n) is 7.10. The van der Waals surface area contributed by atoms with E-state index in [1.54, 1.807) is 0 Å². The van der Waals surface area contributed by atoms with Crippen molar-refractivity contribution in [3.8, 4) is 20.9 Å². The zero-order chi connectivity index (χ0) is 23.6. The van der Waals surface area contributed by atoms with Crippen molar-refractivity contribution in [1.82, 2.24) is 4.98 Å². The number of thiophene rings is 2. The Morgan fingerprint density at radius 2 is 1.00 bits per heavy atom. The molecule has 0 N–H and O–H groups in total. The predicted octanol–water partition coefficient (Wildman–Crippen LogP) is 10.3. The number of fused-ring (bicyclic) bond motifs is 6. The number of hydrogen-bond donors (Lipinski definition) is 0. The predicted molar refractivity (Wildman–Crippen MR) is 158 cm³/mol. The fourth-order valence-corrected chi connectivity index (χ4v) is 7.80. The molecule has 0 aliphatic carbocycles. The first kappa shape index (κ1) is 20.2. The second kappa shape index (κ2) is 7.72. The number of nitrogens with zero attached hydrogens (tertiary/aromatic N) is 1. The quantitative estimate of drug-likeness (QED) is 0.172. The third kappa shape index (κ3) is 2.91. The van der Waals surface area contributed by atoms with Crippen LogP contribution in [0.4, 0.5) is 0 Å². The molecule has 3 heteroatoms. The largest absolute Gasteiger partial charge is 0.256 e. The molecule has 36 heavy (non-hydrogen) atoms. The molecule has 0 unspecified atom stereocenters. The molecule has 0 atom stereocenters. The molecule has 1 nitrogen and oxygen atoms in total. The Bertz CT molecular complexity index is 2050. The highest BCUT2D eigenvalue weighted by Gasteiger charge is 2.21. The SMILES string of the molecule is c1ccc2sc(-c3c4ccccc4c(-c4cc5ccccc5s4)c4c3cnc3ccccc34)cc2c1. The van der Waals surface area contributed by atoms with Crippen molar-refractivity contribution < 1.29 is 0 Å². The molecule has 0 saturated carbocycles. The molecule has 0 aliphatic rings. The minimum atomic E-state index is 1.03. The molecule has 0 aliphatic heterocycles. The molecule has 5 aromatic carbocycles. The highest BCUT2D eigenvalue weighted by Crippen LogP contribution is 2.49. The Morgan fingerprint density at radius 3 is 1.67 bits per heavy atom. The lowest BCUT2D eigenvalue weighted by molar-refractivity contribution is 1.45. The fourth-order valence-electron chi connectivity index (χ4n) is 5.53. The molecular formula is C33H19NS2. The van der Waals surface area contributed by atoms with Crippen LogP contribution in [0.15, 0.2) is 115 Å². The smallest absolute Gasteiger partial charge is 0.0708 e. The average Bonchev–Trinajstić information content (AvgIpc) is 3.55. The number of pyridine rings is 1. The number of aromatic nitrogens is 1. The van der Waals surface area contributed by atoms with Gasteiger partial charge in [0.05, 0.1) is 5.52 Å². The van der Waals surface area contributed by atoms with Crippen LogP contribution in [0.25, 0.3) is 73.5 Å². The van der Waals surface area contributed by atoms with E-state index in [-0.39, 0.29) is 0 Å². The second-order valence-corrected chi connectivity index (χ2v) is 11.3. The first-order valence-electron chi connectivity index (χ1n) is 12.1. The fraction of sp³-hybridized carbons (Fsp3) is 0. The maximum Gasteiger partial charge on any atom is 0.0708 e. The van der Waals surface area contributed by atoms with Gasteiger partial charge >= 0.3 is 0 Å². The average molecular weight is 494 g/mol. The summed E-state index contributed by atoms with van der Waals surface area (Å²) in [5.74, 6) is 0. The van der Waals surface area contributed by atoms with Gasteiger partial charge in [-0.2, -0.15) is 0 Å². The van der Waals surface area contributed by atoms with Crippen molar-refractivity contribution in [2.24, 2.45) is 0 Å². The van der Waals surface area contributed by atoms with Crippen LogP contribution in [0.3, 0.4) is 0 Å². The van der Waals surface area contributed by atoms with Crippen LogP contribution in [0, 0.1) is 0 Å². The molecule has 8 rings (SSSR count). The van der Waals surface area contributed by atoms with E-state index in [2.05, 4.69) is 115 Å². The molecule has 3 aromatic heterocycles. The van der Waals surface area contributed by atoms with Gasteiger partial charge in [0.2, 0.25) is 0 Å². The molecule has 168 valence electrons. The van der Waals surface area contributed by atoms with Gasteiger partial charge in [0.15, 0.2) is 0 Å². The lowest BCUT2D eigenvalue weighted by Gasteiger charge is -2.17. The molecule has 3 heterocycles. The van der Waals surface area contributed by atoms with E-state index < -0.39 is 0 Å². The van der Waals surface area contributed by atoms with Gasteiger partial charge in [0.1, 0.15) is 0 Å². The standard InChI is InChI=1S/C33H19NS2/c1-7-15-27-20(9-1)17-29(35-27)31-22-11-3-4-12-23(22)33(30-18-21-10-2-8-16-28(21)36-30)32-24-13-5-6-14-26(24)34-19-25(31)32/h1-19H. The van der Waals surface area contributed by atoms with E-state index in [1.807, 2.05) is 22.7 Å². The Balaban J connectivity index is 1.61. The van der Waals surface area contributed by atoms with Gasteiger partial charge in [-0.1, -0.05) is 78.9 Å². The van der Waals surface area contributed by atoms with Crippen molar-refractivity contribution in [1.29, 1.82) is 0 Å². The number of para-hydroxylation sites is 1. The van der Waals surface area contributed by atoms with E-state index in [1.165, 1.54) is 68.0 Å². The molecule has 0 fully saturated rings. The second-order valence-electron chi connectivity index (χ2n) is 9.16. The molecule has 0 saturated heterocycles. The minimum Gasteiger partial charge on any atom is -0.256 e. The van der Waals surface area contributed by atoms with Gasteiger partial charge in [-0.05, 0) is 51.9 Å². The maximum absolute atomic E-state index is 4.94. The maximum atomic E-state index is 4.94. The Kier molecular flexibility index (Phi) is 4.33. The first-order valence-corrected chi connectivity index (χ1v) is 13.7. The van der Waals surface area contributed by atoms with Gasteiger partial charge in [0, 0.05) is 52.6 Å². The normalized spacial score (nSPS) is 11.9. The van der Waals surface area contributed by atoms with Crippen molar-refractivity contribution in [2.75, 3.05) is 0 Å². The monoisotopic (exact) mass is 493 g/mol. The summed E-state index contributed by atoms with van der Waals surface area (Å²) >= 11 is 3.74. The van der Waals surface area contributed by atoms with E-state index in [0.717, 1.165) is 5.52 Å². The summed E-state index contributed by atoms with van der Waals surface area (Å²) < 4.78 is 2.63. The highest BCUT2D eigenvalue weighted by atomic mass is 32.1. The Morgan fingerprint density at radius 1 is 0.472 bits per heavy atom. The molecule has 0 radical (unpaired) electrons. The van der Waals surface area contributed by atoms with E-state index >= 15 is 0 Å². The number of hydrogen-bond acceptors (Lipinski definition) is 3. The topological polar surface area (TPSA) is 12.9 Å². The lowest BCUT2D eigenvalue weighted by Crippen LogP contribution is -1.91. The van der Waals surface area contributed by atoms with E-state index in [9.17, 15) is 0 Å². The van der Waals surface area contributed by atoms with Gasteiger partial charge in [-0.15, -0.1) is 22.7 Å². The Labute approximate surface area is 215 Å². The van der Waals surface area contributed by atoms with Crippen molar-refractivity contribution >= 4 is 75.3 Å². The lowest BCUT2D eigenvalue weighted by atomic mass is 9.89. The van der Waals surface area contributed by atoms with Gasteiger partial charge in [0.25, 0.3) is 0 Å². The summed E-state index contributed by atoms with van der Waals surface area (Å²) in [6, 6.07) is 39.5. The van der Waals surface area contributed by atoms with Gasteiger partial charge < -0.3 is 0 Å². The summed E-state index contributed by atoms with van der Waals surface area (Å²) in [5.41, 5.74) is 3.63. The molecule has 0 bridgehead atoms. The van der Waals surface area contributed by atoms with Crippen molar-refractivity contribution in [3.63, 3.8) is 0 Å². The minimum absolute atomic E-state index is 1.03. The van der Waals surface area contributed by atoms with Gasteiger partial charge in [-0.25, -0.2) is 0 Å². The van der Waals surface area contributed by atoms with Crippen molar-refractivity contribution in [2.45, 2.75) is 0 Å². The third-order valence-corrected chi connectivity index (χ3v) is 9.37. The summed E-state index contributed by atoms with van der Waals surface area (Å²) in [4.78, 5) is 7.53. The zero-order valence-corrected chi connectivity index (χ0v) is 20.9. The van der Waals surface area contributed by atoms with Crippen LogP contribution in [0.2, 0.25) is 0 Å². The summed E-state index contributed by atoms with van der Waals surface area (Å²) in [6.45, 7) is 0. The van der Waals surface area contributed by atoms with Crippen LogP contribution >= 0.6 is 22.7 Å². The molecule has 0 amide bonds. The van der Waals surface area contributed by atoms with Crippen LogP contribution < -0.4 is 0 Å². The van der Waals surface area contributed by atoms with Gasteiger partial charge in [-0.3, -0.25) is 4.98 Å².